The lowest BCUT2D eigenvalue weighted by Gasteiger charge is -2.27. The van der Waals surface area contributed by atoms with Crippen LogP contribution in [0.15, 0.2) is 40.9 Å². The lowest BCUT2D eigenvalue weighted by molar-refractivity contribution is -0.148. The van der Waals surface area contributed by atoms with Gasteiger partial charge in [0, 0.05) is 4.47 Å². The summed E-state index contributed by atoms with van der Waals surface area (Å²) in [7, 11) is 0. The lowest BCUT2D eigenvalue weighted by atomic mass is 9.77. The first-order valence-electron chi connectivity index (χ1n) is 7.59. The van der Waals surface area contributed by atoms with Crippen molar-refractivity contribution in [1.29, 1.82) is 0 Å². The summed E-state index contributed by atoms with van der Waals surface area (Å²) in [6.07, 6.45) is 3.19. The number of nitrogens with zero attached hydrogens (tertiary/aromatic N) is 1. The Morgan fingerprint density at radius 1 is 1.43 bits per heavy atom. The topological polar surface area (TPSA) is 66.8 Å². The third-order valence-corrected chi connectivity index (χ3v) is 5.76. The van der Waals surface area contributed by atoms with Crippen molar-refractivity contribution < 1.29 is 19.4 Å². The van der Waals surface area contributed by atoms with E-state index in [0.717, 1.165) is 10.0 Å². The zero-order valence-corrected chi connectivity index (χ0v) is 14.1. The van der Waals surface area contributed by atoms with Crippen LogP contribution in [0.4, 0.5) is 0 Å². The van der Waals surface area contributed by atoms with Crippen LogP contribution in [0.2, 0.25) is 0 Å². The van der Waals surface area contributed by atoms with E-state index >= 15 is 0 Å². The van der Waals surface area contributed by atoms with Gasteiger partial charge in [-0.1, -0.05) is 40.2 Å². The molecule has 5 nitrogen and oxygen atoms in total. The van der Waals surface area contributed by atoms with Crippen LogP contribution in [0.25, 0.3) is 0 Å². The number of rotatable bonds is 3. The number of fused-ring (bicyclic) bond motifs is 1. The van der Waals surface area contributed by atoms with Gasteiger partial charge in [-0.2, -0.15) is 0 Å². The van der Waals surface area contributed by atoms with Gasteiger partial charge >= 0.3 is 5.97 Å². The van der Waals surface area contributed by atoms with Gasteiger partial charge in [0.25, 0.3) is 0 Å². The fourth-order valence-electron chi connectivity index (χ4n) is 4.06. The minimum atomic E-state index is -0.960. The fraction of sp³-hybridized carbons (Fsp3) is 0.412. The van der Waals surface area contributed by atoms with Crippen molar-refractivity contribution in [1.82, 2.24) is 4.90 Å². The number of benzene rings is 1. The van der Waals surface area contributed by atoms with Gasteiger partial charge in [-0.25, -0.2) is 0 Å². The second-order valence-corrected chi connectivity index (χ2v) is 7.35. The zero-order valence-electron chi connectivity index (χ0n) is 12.5. The molecule has 23 heavy (non-hydrogen) atoms. The standard InChI is InChI=1S/C17H16BrNO4/c1-9(10-2-4-11(18)5-3-10)19-8-17-7-6-12(23-17)13(16(21)22)14(17)15(19)20/h2-7,9,12-14H,8H2,1H3,(H,21,22)/t9-,12-,13-,14-,17+/m0/s1. The molecule has 1 amide bonds. The highest BCUT2D eigenvalue weighted by Crippen LogP contribution is 2.53. The number of aliphatic carboxylic acids is 1. The second-order valence-electron chi connectivity index (χ2n) is 6.43. The highest BCUT2D eigenvalue weighted by atomic mass is 79.9. The molecule has 3 heterocycles. The second kappa shape index (κ2) is 4.92. The number of carboxylic acid groups (broad SMARTS) is 1. The number of halogens is 1. The molecule has 0 aliphatic carbocycles. The maximum Gasteiger partial charge on any atom is 0.310 e. The largest absolute Gasteiger partial charge is 0.481 e. The first kappa shape index (κ1) is 14.9. The number of carbonyl (C=O) groups excluding carboxylic acids is 1. The van der Waals surface area contributed by atoms with E-state index in [4.69, 9.17) is 4.74 Å². The van der Waals surface area contributed by atoms with E-state index in [-0.39, 0.29) is 11.9 Å². The summed E-state index contributed by atoms with van der Waals surface area (Å²) in [6, 6.07) is 7.69. The van der Waals surface area contributed by atoms with Gasteiger partial charge < -0.3 is 14.7 Å². The molecule has 120 valence electrons. The van der Waals surface area contributed by atoms with E-state index in [1.165, 1.54) is 0 Å². The molecule has 2 fully saturated rings. The van der Waals surface area contributed by atoms with E-state index in [0.29, 0.717) is 6.54 Å². The third kappa shape index (κ3) is 2.01. The van der Waals surface area contributed by atoms with Crippen LogP contribution in [-0.4, -0.2) is 40.1 Å². The number of likely N-dealkylation sites (tertiary alicyclic amines) is 1. The van der Waals surface area contributed by atoms with E-state index in [9.17, 15) is 14.7 Å². The summed E-state index contributed by atoms with van der Waals surface area (Å²) in [5, 5.41) is 9.48. The van der Waals surface area contributed by atoms with Gasteiger partial charge in [0.15, 0.2) is 0 Å². The summed E-state index contributed by atoms with van der Waals surface area (Å²) in [5.74, 6) is -2.49. The molecule has 0 saturated carbocycles. The van der Waals surface area contributed by atoms with Crippen LogP contribution >= 0.6 is 15.9 Å². The molecule has 2 saturated heterocycles. The summed E-state index contributed by atoms with van der Waals surface area (Å²) in [5.41, 5.74) is 0.248. The van der Waals surface area contributed by atoms with E-state index in [2.05, 4.69) is 15.9 Å². The number of ether oxygens (including phenoxy) is 1. The Kier molecular flexibility index (Phi) is 3.19. The predicted molar refractivity (Wildman–Crippen MR) is 85.6 cm³/mol. The van der Waals surface area contributed by atoms with Gasteiger partial charge in [-0.05, 0) is 24.6 Å². The van der Waals surface area contributed by atoms with Crippen LogP contribution in [0, 0.1) is 11.8 Å². The molecule has 0 unspecified atom stereocenters. The summed E-state index contributed by atoms with van der Waals surface area (Å²) in [4.78, 5) is 26.2. The smallest absolute Gasteiger partial charge is 0.310 e. The van der Waals surface area contributed by atoms with E-state index in [1.807, 2.05) is 37.3 Å². The molecule has 1 spiro atoms. The Bertz CT molecular complexity index is 716. The van der Waals surface area contributed by atoms with Gasteiger partial charge in [-0.3, -0.25) is 9.59 Å². The Hall–Kier alpha value is -1.66. The Balaban J connectivity index is 1.66. The molecule has 3 aliphatic heterocycles. The number of hydrogen-bond acceptors (Lipinski definition) is 3. The molecule has 1 aromatic carbocycles. The number of carboxylic acids is 1. The summed E-state index contributed by atoms with van der Waals surface area (Å²) >= 11 is 3.40. The molecular formula is C17H16BrNO4. The quantitative estimate of drug-likeness (QED) is 0.821. The van der Waals surface area contributed by atoms with Crippen molar-refractivity contribution in [2.24, 2.45) is 11.8 Å². The minimum absolute atomic E-state index is 0.124. The van der Waals surface area contributed by atoms with Crippen LogP contribution in [0.1, 0.15) is 18.5 Å². The molecule has 4 rings (SSSR count). The first-order chi connectivity index (χ1) is 10.9. The molecule has 0 aromatic heterocycles. The number of hydrogen-bond donors (Lipinski definition) is 1. The maximum atomic E-state index is 12.9. The Morgan fingerprint density at radius 3 is 2.78 bits per heavy atom. The molecule has 0 radical (unpaired) electrons. The van der Waals surface area contributed by atoms with Gasteiger partial charge in [0.1, 0.15) is 11.5 Å². The van der Waals surface area contributed by atoms with Crippen LogP contribution in [-0.2, 0) is 14.3 Å². The van der Waals surface area contributed by atoms with Crippen molar-refractivity contribution >= 4 is 27.8 Å². The van der Waals surface area contributed by atoms with Gasteiger partial charge in [-0.15, -0.1) is 0 Å². The van der Waals surface area contributed by atoms with Gasteiger partial charge in [0.05, 0.1) is 24.6 Å². The first-order valence-corrected chi connectivity index (χ1v) is 8.38. The Labute approximate surface area is 142 Å². The van der Waals surface area contributed by atoms with Crippen LogP contribution in [0.3, 0.4) is 0 Å². The predicted octanol–water partition coefficient (Wildman–Crippen LogP) is 2.38. The van der Waals surface area contributed by atoms with Crippen molar-refractivity contribution in [3.05, 3.63) is 46.5 Å². The van der Waals surface area contributed by atoms with E-state index < -0.39 is 29.5 Å². The normalized spacial score (nSPS) is 35.7. The number of amides is 1. The van der Waals surface area contributed by atoms with Crippen molar-refractivity contribution in [2.45, 2.75) is 24.7 Å². The van der Waals surface area contributed by atoms with Crippen molar-refractivity contribution in [2.75, 3.05) is 6.54 Å². The Morgan fingerprint density at radius 2 is 2.13 bits per heavy atom. The minimum Gasteiger partial charge on any atom is -0.481 e. The monoisotopic (exact) mass is 377 g/mol. The van der Waals surface area contributed by atoms with Crippen LogP contribution in [0.5, 0.6) is 0 Å². The molecular weight excluding hydrogens is 362 g/mol. The molecule has 3 aliphatic rings. The molecule has 6 heteroatoms. The molecule has 5 atom stereocenters. The molecule has 1 aromatic rings. The lowest BCUT2D eigenvalue weighted by Crippen LogP contribution is -2.39. The number of carbonyl (C=O) groups is 2. The fourth-order valence-corrected chi connectivity index (χ4v) is 4.32. The summed E-state index contributed by atoms with van der Waals surface area (Å²) in [6.45, 7) is 2.37. The zero-order chi connectivity index (χ0) is 16.4. The van der Waals surface area contributed by atoms with E-state index in [1.54, 1.807) is 11.0 Å². The van der Waals surface area contributed by atoms with Crippen molar-refractivity contribution in [3.63, 3.8) is 0 Å². The summed E-state index contributed by atoms with van der Waals surface area (Å²) < 4.78 is 6.88. The maximum absolute atomic E-state index is 12.9. The average molecular weight is 378 g/mol. The van der Waals surface area contributed by atoms with Crippen molar-refractivity contribution in [3.8, 4) is 0 Å². The third-order valence-electron chi connectivity index (χ3n) is 5.23. The SMILES string of the molecule is C[C@@H](c1ccc(Br)cc1)N1C[C@@]23C=C[C@H](O2)[C@H](C(=O)O)[C@H]3C1=O. The highest BCUT2D eigenvalue weighted by molar-refractivity contribution is 9.10. The highest BCUT2D eigenvalue weighted by Gasteiger charge is 2.67. The van der Waals surface area contributed by atoms with Crippen LogP contribution < -0.4 is 0 Å². The average Bonchev–Trinajstić information content (AvgIpc) is 3.15. The van der Waals surface area contributed by atoms with Gasteiger partial charge in [0.2, 0.25) is 5.91 Å². The molecule has 1 N–H and O–H groups in total. The molecule has 2 bridgehead atoms.